The molecule has 1 aromatic rings. The van der Waals surface area contributed by atoms with Gasteiger partial charge in [-0.2, -0.15) is 0 Å². The second-order valence-corrected chi connectivity index (χ2v) is 2.41. The topological polar surface area (TPSA) is 29.5 Å². The molecule has 0 aliphatic rings. The molecule has 0 bridgehead atoms. The van der Waals surface area contributed by atoms with Crippen LogP contribution in [0.3, 0.4) is 0 Å². The molecule has 1 N–H and O–H groups in total. The Bertz CT molecular complexity index is 203. The lowest BCUT2D eigenvalue weighted by molar-refractivity contribution is 0.185. The Balaban J connectivity index is 2.66. The monoisotopic (exact) mass is 152 g/mol. The summed E-state index contributed by atoms with van der Waals surface area (Å²) in [6.45, 7) is 0.735. The first kappa shape index (κ1) is 8.24. The van der Waals surface area contributed by atoms with Crippen molar-refractivity contribution in [1.82, 2.24) is 0 Å². The summed E-state index contributed by atoms with van der Waals surface area (Å²) in [5.41, 5.74) is 2.06. The second kappa shape index (κ2) is 4.11. The van der Waals surface area contributed by atoms with E-state index >= 15 is 0 Å². The van der Waals surface area contributed by atoms with Gasteiger partial charge in [0.05, 0.1) is 13.2 Å². The highest BCUT2D eigenvalue weighted by molar-refractivity contribution is 5.21. The molecule has 1 aromatic carbocycles. The molecule has 0 unspecified atom stereocenters. The van der Waals surface area contributed by atoms with Crippen LogP contribution in [0.1, 0.15) is 11.1 Å². The van der Waals surface area contributed by atoms with Crippen LogP contribution in [0.15, 0.2) is 24.3 Å². The summed E-state index contributed by atoms with van der Waals surface area (Å²) < 4.78 is 4.94. The lowest BCUT2D eigenvalue weighted by Gasteiger charge is -1.99. The van der Waals surface area contributed by atoms with E-state index in [0.29, 0.717) is 6.61 Å². The Labute approximate surface area is 66.4 Å². The molecule has 11 heavy (non-hydrogen) atoms. The minimum absolute atomic E-state index is 0.104. The third-order valence-corrected chi connectivity index (χ3v) is 1.52. The number of aliphatic hydroxyl groups excluding tert-OH is 1. The first-order valence-corrected chi connectivity index (χ1v) is 3.54. The van der Waals surface area contributed by atoms with Crippen molar-refractivity contribution >= 4 is 0 Å². The molecule has 0 aliphatic heterocycles. The number of benzene rings is 1. The summed E-state index contributed by atoms with van der Waals surface area (Å²) in [6, 6.07) is 7.70. The molecule has 0 radical (unpaired) electrons. The van der Waals surface area contributed by atoms with Gasteiger partial charge in [0.1, 0.15) is 0 Å². The predicted octanol–water partition coefficient (Wildman–Crippen LogP) is 1.33. The lowest BCUT2D eigenvalue weighted by Crippen LogP contribution is -1.88. The molecule has 0 saturated heterocycles. The van der Waals surface area contributed by atoms with Crippen LogP contribution in [0.2, 0.25) is 0 Å². The van der Waals surface area contributed by atoms with Gasteiger partial charge in [-0.05, 0) is 11.1 Å². The zero-order valence-corrected chi connectivity index (χ0v) is 6.58. The minimum Gasteiger partial charge on any atom is -0.392 e. The van der Waals surface area contributed by atoms with Crippen molar-refractivity contribution < 1.29 is 9.84 Å². The number of ether oxygens (including phenoxy) is 1. The zero-order valence-electron chi connectivity index (χ0n) is 6.58. The molecule has 0 saturated carbocycles. The van der Waals surface area contributed by atoms with Crippen molar-refractivity contribution in [2.24, 2.45) is 0 Å². The molecule has 2 heteroatoms. The van der Waals surface area contributed by atoms with Crippen molar-refractivity contribution in [2.45, 2.75) is 13.2 Å². The van der Waals surface area contributed by atoms with E-state index in [9.17, 15) is 0 Å². The lowest BCUT2D eigenvalue weighted by atomic mass is 10.1. The third kappa shape index (κ3) is 2.33. The van der Waals surface area contributed by atoms with Gasteiger partial charge in [0.25, 0.3) is 0 Å². The average molecular weight is 152 g/mol. The summed E-state index contributed by atoms with van der Waals surface area (Å²) >= 11 is 0. The Morgan fingerprint density at radius 2 is 1.73 bits per heavy atom. The van der Waals surface area contributed by atoms with E-state index in [-0.39, 0.29) is 6.61 Å². The van der Waals surface area contributed by atoms with E-state index in [1.807, 2.05) is 24.3 Å². The standard InChI is InChI=1S/C9H12O2/c1-11-7-9-4-2-8(6-10)3-5-9/h2-5,10H,6-7H2,1H3. The van der Waals surface area contributed by atoms with Crippen molar-refractivity contribution in [3.63, 3.8) is 0 Å². The van der Waals surface area contributed by atoms with Gasteiger partial charge in [0.2, 0.25) is 0 Å². The third-order valence-electron chi connectivity index (χ3n) is 1.52. The van der Waals surface area contributed by atoms with Crippen LogP contribution in [0.25, 0.3) is 0 Å². The molecule has 0 aliphatic carbocycles. The molecule has 0 amide bonds. The fourth-order valence-electron chi connectivity index (χ4n) is 0.908. The molecule has 0 atom stereocenters. The number of aliphatic hydroxyl groups is 1. The molecule has 1 rings (SSSR count). The normalized spacial score (nSPS) is 10.0. The van der Waals surface area contributed by atoms with Gasteiger partial charge in [0.15, 0.2) is 0 Å². The highest BCUT2D eigenvalue weighted by Gasteiger charge is 1.91. The van der Waals surface area contributed by atoms with Crippen LogP contribution in [-0.4, -0.2) is 12.2 Å². The van der Waals surface area contributed by atoms with E-state index in [1.54, 1.807) is 7.11 Å². The van der Waals surface area contributed by atoms with Gasteiger partial charge in [-0.3, -0.25) is 0 Å². The first-order valence-electron chi connectivity index (χ1n) is 3.54. The van der Waals surface area contributed by atoms with Crippen LogP contribution >= 0.6 is 0 Å². The summed E-state index contributed by atoms with van der Waals surface area (Å²) in [5.74, 6) is 0. The van der Waals surface area contributed by atoms with Crippen molar-refractivity contribution in [3.05, 3.63) is 35.4 Å². The Kier molecular flexibility index (Phi) is 3.08. The van der Waals surface area contributed by atoms with E-state index in [4.69, 9.17) is 9.84 Å². The van der Waals surface area contributed by atoms with Crippen LogP contribution in [0.5, 0.6) is 0 Å². The predicted molar refractivity (Wildman–Crippen MR) is 43.1 cm³/mol. The van der Waals surface area contributed by atoms with E-state index in [1.165, 1.54) is 0 Å². The smallest absolute Gasteiger partial charge is 0.0713 e. The number of methoxy groups -OCH3 is 1. The SMILES string of the molecule is COCc1ccc(CO)cc1. The summed E-state index contributed by atoms with van der Waals surface area (Å²) in [5, 5.41) is 8.73. The number of hydrogen-bond donors (Lipinski definition) is 1. The van der Waals surface area contributed by atoms with Gasteiger partial charge in [-0.1, -0.05) is 24.3 Å². The van der Waals surface area contributed by atoms with Gasteiger partial charge >= 0.3 is 0 Å². The number of hydrogen-bond acceptors (Lipinski definition) is 2. The molecule has 0 spiro atoms. The molecular weight excluding hydrogens is 140 g/mol. The quantitative estimate of drug-likeness (QED) is 0.708. The molecule has 0 fully saturated rings. The second-order valence-electron chi connectivity index (χ2n) is 2.41. The van der Waals surface area contributed by atoms with E-state index in [2.05, 4.69) is 0 Å². The molecule has 0 aromatic heterocycles. The van der Waals surface area contributed by atoms with Gasteiger partial charge in [-0.25, -0.2) is 0 Å². The zero-order chi connectivity index (χ0) is 8.10. The Morgan fingerprint density at radius 3 is 2.18 bits per heavy atom. The van der Waals surface area contributed by atoms with Crippen molar-refractivity contribution in [3.8, 4) is 0 Å². The Morgan fingerprint density at radius 1 is 1.18 bits per heavy atom. The maximum absolute atomic E-state index is 8.73. The van der Waals surface area contributed by atoms with Crippen LogP contribution in [0, 0.1) is 0 Å². The van der Waals surface area contributed by atoms with Crippen LogP contribution in [-0.2, 0) is 18.0 Å². The Hall–Kier alpha value is -0.860. The first-order chi connectivity index (χ1) is 5.36. The van der Waals surface area contributed by atoms with Crippen LogP contribution in [0.4, 0.5) is 0 Å². The molecular formula is C9H12O2. The minimum atomic E-state index is 0.104. The average Bonchev–Trinajstić information content (AvgIpc) is 2.07. The summed E-state index contributed by atoms with van der Waals surface area (Å²) in [7, 11) is 1.67. The highest BCUT2D eigenvalue weighted by Crippen LogP contribution is 2.04. The fourth-order valence-corrected chi connectivity index (χ4v) is 0.908. The fraction of sp³-hybridized carbons (Fsp3) is 0.333. The van der Waals surface area contributed by atoms with Gasteiger partial charge in [-0.15, -0.1) is 0 Å². The summed E-state index contributed by atoms with van der Waals surface area (Å²) in [6.07, 6.45) is 0. The van der Waals surface area contributed by atoms with Crippen molar-refractivity contribution in [2.75, 3.05) is 7.11 Å². The van der Waals surface area contributed by atoms with Gasteiger partial charge < -0.3 is 9.84 Å². The van der Waals surface area contributed by atoms with Gasteiger partial charge in [0, 0.05) is 7.11 Å². The molecule has 0 heterocycles. The van der Waals surface area contributed by atoms with E-state index in [0.717, 1.165) is 11.1 Å². The highest BCUT2D eigenvalue weighted by atomic mass is 16.5. The van der Waals surface area contributed by atoms with E-state index < -0.39 is 0 Å². The van der Waals surface area contributed by atoms with Crippen molar-refractivity contribution in [1.29, 1.82) is 0 Å². The maximum atomic E-state index is 8.73. The maximum Gasteiger partial charge on any atom is 0.0713 e. The molecule has 60 valence electrons. The number of rotatable bonds is 3. The van der Waals surface area contributed by atoms with Crippen LogP contribution < -0.4 is 0 Å². The summed E-state index contributed by atoms with van der Waals surface area (Å²) in [4.78, 5) is 0. The molecule has 2 nitrogen and oxygen atoms in total. The largest absolute Gasteiger partial charge is 0.392 e.